The smallest absolute Gasteiger partial charge is 0.220 e. The summed E-state index contributed by atoms with van der Waals surface area (Å²) < 4.78 is 53.8. The average molecular weight is 462 g/mol. The van der Waals surface area contributed by atoms with Gasteiger partial charge in [0.25, 0.3) is 0 Å². The summed E-state index contributed by atoms with van der Waals surface area (Å²) in [4.78, 5) is 12.6. The SMILES string of the molecule is O=C1CCC(S(=O)(=O)c2ccccc2)(S(=O)(=O)c2ccccc2)[C@@H](c2cccs2)N1. The zero-order chi connectivity index (χ0) is 21.4. The van der Waals surface area contributed by atoms with Crippen LogP contribution in [0, 0.1) is 0 Å². The van der Waals surface area contributed by atoms with E-state index in [4.69, 9.17) is 0 Å². The van der Waals surface area contributed by atoms with Gasteiger partial charge in [-0.15, -0.1) is 11.3 Å². The third-order valence-corrected chi connectivity index (χ3v) is 12.0. The summed E-state index contributed by atoms with van der Waals surface area (Å²) >= 11 is 1.21. The monoisotopic (exact) mass is 461 g/mol. The second-order valence-corrected chi connectivity index (χ2v) is 12.6. The Morgan fingerprint density at radius 3 is 1.80 bits per heavy atom. The van der Waals surface area contributed by atoms with Crippen LogP contribution in [0.4, 0.5) is 0 Å². The van der Waals surface area contributed by atoms with Crippen LogP contribution in [-0.4, -0.2) is 26.8 Å². The highest BCUT2D eigenvalue weighted by Gasteiger charge is 2.63. The van der Waals surface area contributed by atoms with E-state index in [1.807, 2.05) is 0 Å². The first-order valence-corrected chi connectivity index (χ1v) is 13.1. The van der Waals surface area contributed by atoms with E-state index >= 15 is 0 Å². The van der Waals surface area contributed by atoms with Gasteiger partial charge in [-0.05, 0) is 42.1 Å². The van der Waals surface area contributed by atoms with Crippen molar-refractivity contribution in [3.05, 3.63) is 83.1 Å². The molecule has 0 unspecified atom stereocenters. The summed E-state index contributed by atoms with van der Waals surface area (Å²) in [5.74, 6) is -0.379. The summed E-state index contributed by atoms with van der Waals surface area (Å²) in [6.45, 7) is 0. The third kappa shape index (κ3) is 3.08. The molecule has 1 atom stereocenters. The number of carbonyl (C=O) groups is 1. The van der Waals surface area contributed by atoms with Crippen LogP contribution in [0.15, 0.2) is 88.0 Å². The average Bonchev–Trinajstić information content (AvgIpc) is 3.29. The second kappa shape index (κ2) is 7.64. The van der Waals surface area contributed by atoms with E-state index in [0.29, 0.717) is 4.88 Å². The molecule has 1 aliphatic rings. The van der Waals surface area contributed by atoms with E-state index in [9.17, 15) is 21.6 Å². The summed E-state index contributed by atoms with van der Waals surface area (Å²) in [7, 11) is -8.85. The summed E-state index contributed by atoms with van der Waals surface area (Å²) in [6, 6.07) is 17.2. The maximum Gasteiger partial charge on any atom is 0.220 e. The summed E-state index contributed by atoms with van der Waals surface area (Å²) in [5, 5.41) is 4.40. The van der Waals surface area contributed by atoms with Gasteiger partial charge in [-0.3, -0.25) is 4.79 Å². The van der Waals surface area contributed by atoms with Crippen LogP contribution < -0.4 is 5.32 Å². The first-order chi connectivity index (χ1) is 14.3. The second-order valence-electron chi connectivity index (χ2n) is 6.96. The van der Waals surface area contributed by atoms with E-state index in [1.165, 1.54) is 35.6 Å². The van der Waals surface area contributed by atoms with Gasteiger partial charge in [0.15, 0.2) is 0 Å². The molecule has 0 radical (unpaired) electrons. The predicted molar refractivity (Wildman–Crippen MR) is 114 cm³/mol. The van der Waals surface area contributed by atoms with Gasteiger partial charge in [0.05, 0.1) is 15.8 Å². The molecule has 1 saturated heterocycles. The Bertz CT molecular complexity index is 1180. The van der Waals surface area contributed by atoms with Crippen LogP contribution in [0.25, 0.3) is 0 Å². The highest BCUT2D eigenvalue weighted by molar-refractivity contribution is 8.10. The molecule has 6 nitrogen and oxygen atoms in total. The van der Waals surface area contributed by atoms with Crippen LogP contribution in [0.3, 0.4) is 0 Å². The van der Waals surface area contributed by atoms with Crippen LogP contribution in [-0.2, 0) is 24.5 Å². The van der Waals surface area contributed by atoms with Crippen molar-refractivity contribution >= 4 is 36.9 Å². The van der Waals surface area contributed by atoms with E-state index in [2.05, 4.69) is 5.32 Å². The summed E-state index contributed by atoms with van der Waals surface area (Å²) in [5.41, 5.74) is 0. The lowest BCUT2D eigenvalue weighted by Gasteiger charge is -2.42. The molecule has 30 heavy (non-hydrogen) atoms. The van der Waals surface area contributed by atoms with Crippen molar-refractivity contribution in [2.45, 2.75) is 32.8 Å². The topological polar surface area (TPSA) is 97.4 Å². The third-order valence-electron chi connectivity index (χ3n) is 5.29. The Balaban J connectivity index is 2.07. The molecule has 2 aromatic carbocycles. The Kier molecular flexibility index (Phi) is 5.29. The number of sulfone groups is 2. The lowest BCUT2D eigenvalue weighted by molar-refractivity contribution is -0.123. The van der Waals surface area contributed by atoms with Gasteiger partial charge in [-0.25, -0.2) is 16.8 Å². The van der Waals surface area contributed by atoms with Gasteiger partial charge in [-0.1, -0.05) is 42.5 Å². The number of carbonyl (C=O) groups excluding carboxylic acids is 1. The molecular weight excluding hydrogens is 442 g/mol. The van der Waals surface area contributed by atoms with Gasteiger partial charge >= 0.3 is 0 Å². The maximum atomic E-state index is 14.0. The molecule has 1 aromatic heterocycles. The van der Waals surface area contributed by atoms with E-state index in [0.717, 1.165) is 0 Å². The highest BCUT2D eigenvalue weighted by Crippen LogP contribution is 2.50. The number of piperidine rings is 1. The minimum atomic E-state index is -4.42. The molecule has 3 aromatic rings. The number of nitrogens with one attached hydrogen (secondary N) is 1. The molecule has 0 aliphatic carbocycles. The quantitative estimate of drug-likeness (QED) is 0.628. The Morgan fingerprint density at radius 2 is 1.33 bits per heavy atom. The number of benzene rings is 2. The largest absolute Gasteiger partial charge is 0.346 e. The van der Waals surface area contributed by atoms with Gasteiger partial charge in [0.2, 0.25) is 29.7 Å². The lowest BCUT2D eigenvalue weighted by atomic mass is 10.0. The van der Waals surface area contributed by atoms with E-state index in [1.54, 1.807) is 53.9 Å². The highest BCUT2D eigenvalue weighted by atomic mass is 32.3. The van der Waals surface area contributed by atoms with Crippen molar-refractivity contribution in [1.29, 1.82) is 0 Å². The van der Waals surface area contributed by atoms with Crippen LogP contribution in [0.2, 0.25) is 0 Å². The van der Waals surface area contributed by atoms with Gasteiger partial charge in [-0.2, -0.15) is 0 Å². The van der Waals surface area contributed by atoms with Crippen LogP contribution >= 0.6 is 11.3 Å². The fraction of sp³-hybridized carbons (Fsp3) is 0.190. The number of rotatable bonds is 5. The Labute approximate surface area is 179 Å². The molecule has 2 heterocycles. The van der Waals surface area contributed by atoms with Crippen molar-refractivity contribution in [3.63, 3.8) is 0 Å². The predicted octanol–water partition coefficient (Wildman–Crippen LogP) is 3.34. The molecule has 1 N–H and O–H groups in total. The fourth-order valence-corrected chi connectivity index (χ4v) is 10.2. The Morgan fingerprint density at radius 1 is 0.800 bits per heavy atom. The molecule has 4 rings (SSSR count). The Hall–Kier alpha value is -2.49. The number of hydrogen-bond acceptors (Lipinski definition) is 6. The van der Waals surface area contributed by atoms with Crippen LogP contribution in [0.5, 0.6) is 0 Å². The van der Waals surface area contributed by atoms with Crippen molar-refractivity contribution in [3.8, 4) is 0 Å². The fourth-order valence-electron chi connectivity index (χ4n) is 3.84. The van der Waals surface area contributed by atoms with Gasteiger partial charge in [0, 0.05) is 11.3 Å². The standard InChI is InChI=1S/C21H19NO5S3/c23-19-13-14-21(20(22-19)18-12-7-15-28-18,29(24,25)16-8-3-1-4-9-16)30(26,27)17-10-5-2-6-11-17/h1-12,15,20H,13-14H2,(H,22,23)/t20-/m1/s1. The zero-order valence-electron chi connectivity index (χ0n) is 15.8. The molecule has 9 heteroatoms. The van der Waals surface area contributed by atoms with Gasteiger partial charge in [0.1, 0.15) is 0 Å². The molecule has 1 fully saturated rings. The molecular formula is C21H19NO5S3. The minimum absolute atomic E-state index is 0.0952. The molecule has 0 spiro atoms. The lowest BCUT2D eigenvalue weighted by Crippen LogP contribution is -2.59. The molecule has 156 valence electrons. The normalized spacial score (nSPS) is 19.2. The van der Waals surface area contributed by atoms with E-state index < -0.39 is 29.8 Å². The zero-order valence-corrected chi connectivity index (χ0v) is 18.2. The van der Waals surface area contributed by atoms with Crippen molar-refractivity contribution in [1.82, 2.24) is 5.32 Å². The van der Waals surface area contributed by atoms with E-state index in [-0.39, 0.29) is 28.5 Å². The van der Waals surface area contributed by atoms with Crippen molar-refractivity contribution in [2.24, 2.45) is 0 Å². The van der Waals surface area contributed by atoms with Crippen molar-refractivity contribution in [2.75, 3.05) is 0 Å². The number of amides is 1. The van der Waals surface area contributed by atoms with Crippen LogP contribution in [0.1, 0.15) is 23.8 Å². The maximum absolute atomic E-state index is 14.0. The summed E-state index contributed by atoms with van der Waals surface area (Å²) in [6.07, 6.45) is -0.546. The number of thiophene rings is 1. The first-order valence-electron chi connectivity index (χ1n) is 9.23. The molecule has 1 amide bonds. The number of hydrogen-bond donors (Lipinski definition) is 1. The van der Waals surface area contributed by atoms with Crippen molar-refractivity contribution < 1.29 is 21.6 Å². The molecule has 0 bridgehead atoms. The first kappa shape index (κ1) is 20.8. The minimum Gasteiger partial charge on any atom is -0.346 e. The molecule has 1 aliphatic heterocycles. The van der Waals surface area contributed by atoms with Gasteiger partial charge < -0.3 is 5.32 Å². The molecule has 0 saturated carbocycles.